The molecule has 2 rings (SSSR count). The molecule has 9 nitrogen and oxygen atoms in total. The maximum Gasteiger partial charge on any atom is 0.306 e. The van der Waals surface area contributed by atoms with E-state index in [0.717, 1.165) is 0 Å². The van der Waals surface area contributed by atoms with E-state index in [4.69, 9.17) is 10.00 Å². The zero-order valence-corrected chi connectivity index (χ0v) is 15.8. The van der Waals surface area contributed by atoms with Crippen molar-refractivity contribution in [3.63, 3.8) is 0 Å². The average Bonchev–Trinajstić information content (AvgIpc) is 2.71. The van der Waals surface area contributed by atoms with Crippen LogP contribution in [0, 0.1) is 21.4 Å². The molecule has 150 valence electrons. The molecule has 2 aromatic carbocycles. The Morgan fingerprint density at radius 1 is 1.21 bits per heavy atom. The Hall–Kier alpha value is -3.93. The first kappa shape index (κ1) is 21.4. The summed E-state index contributed by atoms with van der Waals surface area (Å²) < 4.78 is 5.10. The summed E-state index contributed by atoms with van der Waals surface area (Å²) in [7, 11) is 0. The summed E-state index contributed by atoms with van der Waals surface area (Å²) in [5.74, 6) is -1.03. The molecule has 0 aliphatic carbocycles. The molecular formula is C20H20N4O5. The van der Waals surface area contributed by atoms with Gasteiger partial charge in [-0.3, -0.25) is 19.7 Å². The number of hydrogen-bond donors (Lipinski definition) is 2. The third kappa shape index (κ3) is 6.62. The summed E-state index contributed by atoms with van der Waals surface area (Å²) in [5.41, 5.74) is 1.30. The van der Waals surface area contributed by atoms with Crippen LogP contribution in [-0.2, 0) is 14.3 Å². The zero-order valence-electron chi connectivity index (χ0n) is 15.8. The van der Waals surface area contributed by atoms with E-state index in [1.807, 2.05) is 6.07 Å². The molecule has 0 aromatic heterocycles. The van der Waals surface area contributed by atoms with Gasteiger partial charge in [0.1, 0.15) is 5.69 Å². The summed E-state index contributed by atoms with van der Waals surface area (Å²) in [4.78, 5) is 34.5. The average molecular weight is 396 g/mol. The third-order valence-electron chi connectivity index (χ3n) is 3.93. The van der Waals surface area contributed by atoms with Crippen molar-refractivity contribution in [1.29, 1.82) is 5.26 Å². The van der Waals surface area contributed by atoms with Crippen molar-refractivity contribution in [2.75, 3.05) is 17.2 Å². The van der Waals surface area contributed by atoms with Crippen LogP contribution in [0.3, 0.4) is 0 Å². The van der Waals surface area contributed by atoms with E-state index >= 15 is 0 Å². The van der Waals surface area contributed by atoms with E-state index < -0.39 is 22.9 Å². The van der Waals surface area contributed by atoms with Gasteiger partial charge in [-0.1, -0.05) is 12.1 Å². The maximum atomic E-state index is 12.1. The van der Waals surface area contributed by atoms with E-state index in [1.165, 1.54) is 13.0 Å². The smallest absolute Gasteiger partial charge is 0.306 e. The Morgan fingerprint density at radius 3 is 2.55 bits per heavy atom. The molecule has 0 bridgehead atoms. The van der Waals surface area contributed by atoms with E-state index in [0.29, 0.717) is 29.9 Å². The first-order valence-electron chi connectivity index (χ1n) is 8.88. The van der Waals surface area contributed by atoms with Crippen LogP contribution in [0.4, 0.5) is 17.1 Å². The van der Waals surface area contributed by atoms with Crippen molar-refractivity contribution < 1.29 is 19.2 Å². The number of carbonyl (C=O) groups excluding carboxylic acids is 2. The van der Waals surface area contributed by atoms with Crippen LogP contribution in [0.15, 0.2) is 48.5 Å². The number of nitrogens with one attached hydrogen (secondary N) is 2. The van der Waals surface area contributed by atoms with E-state index in [2.05, 4.69) is 10.6 Å². The molecule has 0 aliphatic rings. The number of ether oxygens (including phenoxy) is 1. The SMILES string of the molecule is C[C@H](OC(=O)CCCNc1ccccc1[N+](=O)[O-])C(=O)Nc1ccc(C#N)cc1. The topological polar surface area (TPSA) is 134 Å². The fraction of sp³-hybridized carbons (Fsp3) is 0.250. The van der Waals surface area contributed by atoms with Crippen molar-refractivity contribution in [3.8, 4) is 6.07 Å². The summed E-state index contributed by atoms with van der Waals surface area (Å²) in [6.07, 6.45) is -0.543. The van der Waals surface area contributed by atoms with Gasteiger partial charge in [0.15, 0.2) is 6.10 Å². The normalized spacial score (nSPS) is 11.0. The molecule has 0 heterocycles. The summed E-state index contributed by atoms with van der Waals surface area (Å²) >= 11 is 0. The lowest BCUT2D eigenvalue weighted by Gasteiger charge is -2.14. The van der Waals surface area contributed by atoms with E-state index in [9.17, 15) is 19.7 Å². The van der Waals surface area contributed by atoms with Gasteiger partial charge in [0.2, 0.25) is 0 Å². The highest BCUT2D eigenvalue weighted by atomic mass is 16.6. The minimum Gasteiger partial charge on any atom is -0.453 e. The fourth-order valence-electron chi connectivity index (χ4n) is 2.42. The molecule has 1 amide bonds. The molecule has 0 unspecified atom stereocenters. The largest absolute Gasteiger partial charge is 0.453 e. The first-order valence-corrected chi connectivity index (χ1v) is 8.88. The minimum atomic E-state index is -0.985. The molecule has 0 fully saturated rings. The summed E-state index contributed by atoms with van der Waals surface area (Å²) in [6, 6.07) is 14.5. The highest BCUT2D eigenvalue weighted by molar-refractivity contribution is 5.95. The number of rotatable bonds is 9. The van der Waals surface area contributed by atoms with Crippen LogP contribution in [-0.4, -0.2) is 29.4 Å². The van der Waals surface area contributed by atoms with Crippen molar-refractivity contribution in [2.45, 2.75) is 25.9 Å². The molecule has 0 saturated heterocycles. The van der Waals surface area contributed by atoms with Crippen molar-refractivity contribution in [2.24, 2.45) is 0 Å². The molecule has 1 atom stereocenters. The molecule has 2 aromatic rings. The van der Waals surface area contributed by atoms with Gasteiger partial charge in [-0.2, -0.15) is 5.26 Å². The van der Waals surface area contributed by atoms with Crippen molar-refractivity contribution in [1.82, 2.24) is 0 Å². The predicted molar refractivity (Wildman–Crippen MR) is 106 cm³/mol. The monoisotopic (exact) mass is 396 g/mol. The lowest BCUT2D eigenvalue weighted by atomic mass is 10.2. The number of nitriles is 1. The van der Waals surface area contributed by atoms with E-state index in [1.54, 1.807) is 42.5 Å². The van der Waals surface area contributed by atoms with Crippen molar-refractivity contribution >= 4 is 28.9 Å². The van der Waals surface area contributed by atoms with Gasteiger partial charge in [-0.05, 0) is 43.7 Å². The first-order chi connectivity index (χ1) is 13.9. The Labute approximate surface area is 167 Å². The van der Waals surface area contributed by atoms with E-state index in [-0.39, 0.29) is 12.1 Å². The second-order valence-electron chi connectivity index (χ2n) is 6.12. The maximum absolute atomic E-state index is 12.1. The number of anilines is 2. The summed E-state index contributed by atoms with van der Waals surface area (Å²) in [5, 5.41) is 25.2. The zero-order chi connectivity index (χ0) is 21.2. The van der Waals surface area contributed by atoms with Crippen molar-refractivity contribution in [3.05, 3.63) is 64.2 Å². The van der Waals surface area contributed by atoms with Crippen LogP contribution in [0.25, 0.3) is 0 Å². The Kier molecular flexibility index (Phi) is 7.68. The van der Waals surface area contributed by atoms with Gasteiger partial charge < -0.3 is 15.4 Å². The Balaban J connectivity index is 1.73. The minimum absolute atomic E-state index is 0.0387. The van der Waals surface area contributed by atoms with Gasteiger partial charge in [-0.15, -0.1) is 0 Å². The number of amides is 1. The quantitative estimate of drug-likeness (QED) is 0.287. The lowest BCUT2D eigenvalue weighted by Crippen LogP contribution is -2.30. The molecular weight excluding hydrogens is 376 g/mol. The number of esters is 1. The molecule has 0 radical (unpaired) electrons. The number of benzene rings is 2. The fourth-order valence-corrected chi connectivity index (χ4v) is 2.42. The molecule has 0 spiro atoms. The number of para-hydroxylation sites is 2. The molecule has 2 N–H and O–H groups in total. The summed E-state index contributed by atoms with van der Waals surface area (Å²) in [6.45, 7) is 1.80. The standard InChI is InChI=1S/C20H20N4O5/c1-14(20(26)23-16-10-8-15(13-21)9-11-16)29-19(25)7-4-12-22-17-5-2-3-6-18(17)24(27)28/h2-3,5-6,8-11,14,22H,4,7,12H2,1H3,(H,23,26)/t14-/m0/s1. The van der Waals surface area contributed by atoms with Gasteiger partial charge in [-0.25, -0.2) is 0 Å². The van der Waals surface area contributed by atoms with Crippen LogP contribution >= 0.6 is 0 Å². The van der Waals surface area contributed by atoms with Crippen LogP contribution in [0.5, 0.6) is 0 Å². The number of nitrogens with zero attached hydrogens (tertiary/aromatic N) is 2. The second-order valence-corrected chi connectivity index (χ2v) is 6.12. The Morgan fingerprint density at radius 2 is 1.90 bits per heavy atom. The second kappa shape index (κ2) is 10.4. The van der Waals surface area contributed by atoms with Gasteiger partial charge >= 0.3 is 5.97 Å². The molecule has 29 heavy (non-hydrogen) atoms. The predicted octanol–water partition coefficient (Wildman–Crippen LogP) is 3.23. The number of carbonyl (C=O) groups is 2. The van der Waals surface area contributed by atoms with Gasteiger partial charge in [0.05, 0.1) is 16.6 Å². The van der Waals surface area contributed by atoms with Gasteiger partial charge in [0.25, 0.3) is 11.6 Å². The Bertz CT molecular complexity index is 921. The highest BCUT2D eigenvalue weighted by Gasteiger charge is 2.18. The molecule has 9 heteroatoms. The van der Waals surface area contributed by atoms with Crippen LogP contribution in [0.2, 0.25) is 0 Å². The van der Waals surface area contributed by atoms with Gasteiger partial charge in [0, 0.05) is 24.7 Å². The van der Waals surface area contributed by atoms with Crippen LogP contribution in [0.1, 0.15) is 25.3 Å². The highest BCUT2D eigenvalue weighted by Crippen LogP contribution is 2.23. The lowest BCUT2D eigenvalue weighted by molar-refractivity contribution is -0.384. The van der Waals surface area contributed by atoms with Crippen LogP contribution < -0.4 is 10.6 Å². The third-order valence-corrected chi connectivity index (χ3v) is 3.93. The number of nitro benzene ring substituents is 1. The molecule has 0 aliphatic heterocycles. The number of hydrogen-bond acceptors (Lipinski definition) is 7. The molecule has 0 saturated carbocycles. The number of nitro groups is 1.